The first-order valence-electron chi connectivity index (χ1n) is 7.81. The third-order valence-electron chi connectivity index (χ3n) is 4.40. The van der Waals surface area contributed by atoms with Gasteiger partial charge in [0, 0.05) is 39.8 Å². The first kappa shape index (κ1) is 15.0. The van der Waals surface area contributed by atoms with Crippen LogP contribution < -0.4 is 0 Å². The van der Waals surface area contributed by atoms with Crippen LogP contribution in [0.1, 0.15) is 28.9 Å². The number of nitrogens with zero attached hydrogens (tertiary/aromatic N) is 4. The van der Waals surface area contributed by atoms with Crippen molar-refractivity contribution in [2.24, 2.45) is 0 Å². The van der Waals surface area contributed by atoms with E-state index in [-0.39, 0.29) is 18.4 Å². The molecule has 7 heteroatoms. The number of fused-ring (bicyclic) bond motifs is 1. The monoisotopic (exact) mass is 306 g/mol. The minimum atomic E-state index is -0.0162. The third kappa shape index (κ3) is 2.85. The van der Waals surface area contributed by atoms with E-state index >= 15 is 0 Å². The maximum atomic E-state index is 12.7. The maximum absolute atomic E-state index is 12.7. The minimum absolute atomic E-state index is 0.0162. The number of rotatable bonds is 3. The molecular weight excluding hydrogens is 284 g/mol. The van der Waals surface area contributed by atoms with Crippen LogP contribution in [-0.4, -0.2) is 71.3 Å². The van der Waals surface area contributed by atoms with Gasteiger partial charge in [-0.3, -0.25) is 14.3 Å². The zero-order chi connectivity index (χ0) is 15.5. The number of aryl methyl sites for hydroxylation is 1. The second kappa shape index (κ2) is 6.48. The van der Waals surface area contributed by atoms with E-state index in [1.54, 1.807) is 11.1 Å². The summed E-state index contributed by atoms with van der Waals surface area (Å²) in [5.41, 5.74) is 1.80. The number of amides is 2. The van der Waals surface area contributed by atoms with E-state index in [4.69, 9.17) is 4.74 Å². The summed E-state index contributed by atoms with van der Waals surface area (Å²) in [5, 5.41) is 4.33. The van der Waals surface area contributed by atoms with Crippen molar-refractivity contribution in [3.05, 3.63) is 17.5 Å². The van der Waals surface area contributed by atoms with Crippen LogP contribution in [0, 0.1) is 0 Å². The van der Waals surface area contributed by atoms with Gasteiger partial charge in [-0.15, -0.1) is 0 Å². The van der Waals surface area contributed by atoms with Crippen molar-refractivity contribution in [3.63, 3.8) is 0 Å². The lowest BCUT2D eigenvalue weighted by atomic mass is 10.1. The van der Waals surface area contributed by atoms with Crippen LogP contribution >= 0.6 is 0 Å². The lowest BCUT2D eigenvalue weighted by Crippen LogP contribution is -2.51. The molecule has 3 heterocycles. The standard InChI is InChI=1S/C15H22N4O3/c1-22-11-14(20)17-6-8-18(9-7-17)15(21)12-10-16-19-5-3-2-4-13(12)19/h10H,2-9,11H2,1H3. The normalized spacial score (nSPS) is 18.2. The molecule has 1 fully saturated rings. The summed E-state index contributed by atoms with van der Waals surface area (Å²) in [7, 11) is 1.51. The van der Waals surface area contributed by atoms with Crippen LogP contribution in [-0.2, 0) is 22.5 Å². The van der Waals surface area contributed by atoms with Gasteiger partial charge in [-0.05, 0) is 19.3 Å². The topological polar surface area (TPSA) is 67.7 Å². The smallest absolute Gasteiger partial charge is 0.257 e. The Kier molecular flexibility index (Phi) is 4.42. The molecule has 0 unspecified atom stereocenters. The highest BCUT2D eigenvalue weighted by Crippen LogP contribution is 2.20. The van der Waals surface area contributed by atoms with E-state index in [1.807, 2.05) is 9.58 Å². The predicted octanol–water partition coefficient (Wildman–Crippen LogP) is 0.150. The lowest BCUT2D eigenvalue weighted by molar-refractivity contribution is -0.136. The molecule has 3 rings (SSSR count). The van der Waals surface area contributed by atoms with Crippen molar-refractivity contribution in [1.82, 2.24) is 19.6 Å². The summed E-state index contributed by atoms with van der Waals surface area (Å²) in [6, 6.07) is 0. The van der Waals surface area contributed by atoms with Gasteiger partial charge >= 0.3 is 0 Å². The molecule has 0 N–H and O–H groups in total. The Hall–Kier alpha value is -1.89. The highest BCUT2D eigenvalue weighted by Gasteiger charge is 2.28. The number of methoxy groups -OCH3 is 1. The summed E-state index contributed by atoms with van der Waals surface area (Å²) in [6.07, 6.45) is 4.87. The molecule has 120 valence electrons. The van der Waals surface area contributed by atoms with Gasteiger partial charge in [-0.2, -0.15) is 5.10 Å². The van der Waals surface area contributed by atoms with Crippen molar-refractivity contribution < 1.29 is 14.3 Å². The van der Waals surface area contributed by atoms with Crippen LogP contribution in [0.15, 0.2) is 6.20 Å². The molecule has 1 saturated heterocycles. The molecule has 2 aliphatic rings. The number of carbonyl (C=O) groups is 2. The van der Waals surface area contributed by atoms with Crippen LogP contribution in [0.4, 0.5) is 0 Å². The van der Waals surface area contributed by atoms with Gasteiger partial charge in [0.1, 0.15) is 6.61 Å². The number of aromatic nitrogens is 2. The Balaban J connectivity index is 1.63. The molecule has 0 radical (unpaired) electrons. The molecule has 1 aromatic rings. The van der Waals surface area contributed by atoms with E-state index in [0.29, 0.717) is 26.2 Å². The van der Waals surface area contributed by atoms with E-state index in [9.17, 15) is 9.59 Å². The van der Waals surface area contributed by atoms with Gasteiger partial charge in [0.25, 0.3) is 5.91 Å². The Bertz CT molecular complexity index is 561. The Morgan fingerprint density at radius 2 is 1.86 bits per heavy atom. The predicted molar refractivity (Wildman–Crippen MR) is 79.5 cm³/mol. The molecule has 7 nitrogen and oxygen atoms in total. The van der Waals surface area contributed by atoms with E-state index < -0.39 is 0 Å². The minimum Gasteiger partial charge on any atom is -0.375 e. The number of hydrogen-bond donors (Lipinski definition) is 0. The SMILES string of the molecule is COCC(=O)N1CCN(C(=O)c2cnn3c2CCCC3)CC1. The van der Waals surface area contributed by atoms with Gasteiger partial charge in [0.15, 0.2) is 0 Å². The highest BCUT2D eigenvalue weighted by atomic mass is 16.5. The Labute approximate surface area is 129 Å². The number of piperazine rings is 1. The second-order valence-corrected chi connectivity index (χ2v) is 5.79. The maximum Gasteiger partial charge on any atom is 0.257 e. The fraction of sp³-hybridized carbons (Fsp3) is 0.667. The first-order valence-corrected chi connectivity index (χ1v) is 7.81. The molecule has 0 bridgehead atoms. The third-order valence-corrected chi connectivity index (χ3v) is 4.40. The fourth-order valence-electron chi connectivity index (χ4n) is 3.14. The zero-order valence-corrected chi connectivity index (χ0v) is 13.0. The van der Waals surface area contributed by atoms with Crippen LogP contribution in [0.2, 0.25) is 0 Å². The van der Waals surface area contributed by atoms with Crippen molar-refractivity contribution in [1.29, 1.82) is 0 Å². The molecule has 0 saturated carbocycles. The average Bonchev–Trinajstić information content (AvgIpc) is 2.98. The highest BCUT2D eigenvalue weighted by molar-refractivity contribution is 5.95. The van der Waals surface area contributed by atoms with Gasteiger partial charge in [0.05, 0.1) is 17.5 Å². The Morgan fingerprint density at radius 3 is 2.59 bits per heavy atom. The number of carbonyl (C=O) groups excluding carboxylic acids is 2. The number of hydrogen-bond acceptors (Lipinski definition) is 4. The lowest BCUT2D eigenvalue weighted by Gasteiger charge is -2.34. The molecule has 0 aromatic carbocycles. The average molecular weight is 306 g/mol. The molecule has 0 aliphatic carbocycles. The molecule has 1 aromatic heterocycles. The molecule has 0 atom stereocenters. The molecule has 2 aliphatic heterocycles. The van der Waals surface area contributed by atoms with Gasteiger partial charge in [0.2, 0.25) is 5.91 Å². The van der Waals surface area contributed by atoms with Crippen molar-refractivity contribution in [2.45, 2.75) is 25.8 Å². The van der Waals surface area contributed by atoms with E-state index in [2.05, 4.69) is 5.10 Å². The summed E-state index contributed by atoms with van der Waals surface area (Å²) in [5.74, 6) is 0.0273. The molecule has 2 amide bonds. The van der Waals surface area contributed by atoms with Crippen molar-refractivity contribution >= 4 is 11.8 Å². The quantitative estimate of drug-likeness (QED) is 0.797. The zero-order valence-electron chi connectivity index (χ0n) is 13.0. The fourth-order valence-corrected chi connectivity index (χ4v) is 3.14. The van der Waals surface area contributed by atoms with Gasteiger partial charge in [-0.25, -0.2) is 0 Å². The summed E-state index contributed by atoms with van der Waals surface area (Å²) < 4.78 is 6.82. The second-order valence-electron chi connectivity index (χ2n) is 5.79. The van der Waals surface area contributed by atoms with Crippen molar-refractivity contribution in [2.75, 3.05) is 39.9 Å². The summed E-state index contributed by atoms with van der Waals surface area (Å²) in [4.78, 5) is 28.0. The van der Waals surface area contributed by atoms with E-state index in [1.165, 1.54) is 7.11 Å². The largest absolute Gasteiger partial charge is 0.375 e. The number of ether oxygens (including phenoxy) is 1. The van der Waals surface area contributed by atoms with Crippen LogP contribution in [0.3, 0.4) is 0 Å². The Morgan fingerprint density at radius 1 is 1.14 bits per heavy atom. The molecule has 22 heavy (non-hydrogen) atoms. The van der Waals surface area contributed by atoms with Gasteiger partial charge in [-0.1, -0.05) is 0 Å². The van der Waals surface area contributed by atoms with Crippen LogP contribution in [0.25, 0.3) is 0 Å². The van der Waals surface area contributed by atoms with Crippen molar-refractivity contribution in [3.8, 4) is 0 Å². The molecular formula is C15H22N4O3. The summed E-state index contributed by atoms with van der Waals surface area (Å²) >= 11 is 0. The van der Waals surface area contributed by atoms with Crippen LogP contribution in [0.5, 0.6) is 0 Å². The first-order chi connectivity index (χ1) is 10.7. The van der Waals surface area contributed by atoms with Gasteiger partial charge < -0.3 is 14.5 Å². The van der Waals surface area contributed by atoms with E-state index in [0.717, 1.165) is 37.1 Å². The summed E-state index contributed by atoms with van der Waals surface area (Å²) in [6.45, 7) is 3.28. The molecule has 0 spiro atoms.